The number of hydrogen-bond donors (Lipinski definition) is 1. The Morgan fingerprint density at radius 3 is 2.33 bits per heavy atom. The van der Waals surface area contributed by atoms with Crippen LogP contribution in [0.5, 0.6) is 0 Å². The van der Waals surface area contributed by atoms with Gasteiger partial charge in [0.25, 0.3) is 0 Å². The maximum absolute atomic E-state index is 12.7. The van der Waals surface area contributed by atoms with Crippen LogP contribution in [-0.4, -0.2) is 62.9 Å². The van der Waals surface area contributed by atoms with Gasteiger partial charge in [-0.3, -0.25) is 4.90 Å². The highest BCUT2D eigenvalue weighted by Crippen LogP contribution is 2.31. The van der Waals surface area contributed by atoms with Crippen LogP contribution >= 0.6 is 23.2 Å². The van der Waals surface area contributed by atoms with Gasteiger partial charge in [0.1, 0.15) is 4.90 Å². The molecule has 0 unspecified atom stereocenters. The van der Waals surface area contributed by atoms with Crippen molar-refractivity contribution in [2.75, 3.05) is 39.3 Å². The van der Waals surface area contributed by atoms with Crippen molar-refractivity contribution in [3.05, 3.63) is 28.2 Å². The molecule has 2 aliphatic rings. The van der Waals surface area contributed by atoms with E-state index in [1.807, 2.05) is 0 Å². The highest BCUT2D eigenvalue weighted by atomic mass is 35.5. The zero-order valence-electron chi connectivity index (χ0n) is 11.4. The molecule has 0 spiro atoms. The number of halogens is 2. The summed E-state index contributed by atoms with van der Waals surface area (Å²) in [5, 5.41) is 3.60. The minimum atomic E-state index is -3.58. The van der Waals surface area contributed by atoms with Gasteiger partial charge in [-0.25, -0.2) is 8.42 Å². The van der Waals surface area contributed by atoms with Crippen LogP contribution in [0.15, 0.2) is 23.1 Å². The summed E-state index contributed by atoms with van der Waals surface area (Å²) in [4.78, 5) is 2.43. The summed E-state index contributed by atoms with van der Waals surface area (Å²) in [7, 11) is -3.58. The molecule has 2 fully saturated rings. The first-order chi connectivity index (χ1) is 10.00. The van der Waals surface area contributed by atoms with Gasteiger partial charge in [-0.1, -0.05) is 29.3 Å². The summed E-state index contributed by atoms with van der Waals surface area (Å²) >= 11 is 12.0. The Balaban J connectivity index is 1.75. The van der Waals surface area contributed by atoms with Crippen LogP contribution in [-0.2, 0) is 10.0 Å². The van der Waals surface area contributed by atoms with Crippen LogP contribution in [0.4, 0.5) is 0 Å². The molecular weight excluding hydrogens is 333 g/mol. The molecule has 0 amide bonds. The van der Waals surface area contributed by atoms with Crippen molar-refractivity contribution in [2.24, 2.45) is 0 Å². The third-order valence-electron chi connectivity index (χ3n) is 4.08. The van der Waals surface area contributed by atoms with Crippen molar-refractivity contribution in [3.8, 4) is 0 Å². The molecular formula is C13H17Cl2N3O2S. The first-order valence-electron chi connectivity index (χ1n) is 6.89. The normalized spacial score (nSPS) is 22.2. The van der Waals surface area contributed by atoms with E-state index in [0.717, 1.165) is 26.2 Å². The molecule has 3 rings (SSSR count). The van der Waals surface area contributed by atoms with Crippen molar-refractivity contribution < 1.29 is 8.42 Å². The van der Waals surface area contributed by atoms with Crippen LogP contribution in [0.25, 0.3) is 0 Å². The molecule has 1 N–H and O–H groups in total. The van der Waals surface area contributed by atoms with E-state index >= 15 is 0 Å². The molecule has 21 heavy (non-hydrogen) atoms. The number of piperazine rings is 1. The molecule has 5 nitrogen and oxygen atoms in total. The van der Waals surface area contributed by atoms with Crippen LogP contribution in [0.2, 0.25) is 10.0 Å². The summed E-state index contributed by atoms with van der Waals surface area (Å²) in [5.41, 5.74) is 0. The zero-order chi connectivity index (χ0) is 15.0. The number of hydrogen-bond acceptors (Lipinski definition) is 4. The Labute approximate surface area is 134 Å². The van der Waals surface area contributed by atoms with E-state index in [1.54, 1.807) is 12.1 Å². The Kier molecular flexibility index (Phi) is 4.45. The van der Waals surface area contributed by atoms with Crippen molar-refractivity contribution in [1.29, 1.82) is 0 Å². The molecule has 0 saturated carbocycles. The lowest BCUT2D eigenvalue weighted by Gasteiger charge is -2.42. The van der Waals surface area contributed by atoms with Crippen LogP contribution in [0.1, 0.15) is 0 Å². The molecule has 0 bridgehead atoms. The van der Waals surface area contributed by atoms with E-state index in [1.165, 1.54) is 10.4 Å². The van der Waals surface area contributed by atoms with Gasteiger partial charge in [0.05, 0.1) is 10.0 Å². The minimum Gasteiger partial charge on any atom is -0.314 e. The second-order valence-corrected chi connectivity index (χ2v) is 8.00. The van der Waals surface area contributed by atoms with E-state index in [2.05, 4.69) is 10.2 Å². The highest BCUT2D eigenvalue weighted by Gasteiger charge is 2.33. The summed E-state index contributed by atoms with van der Waals surface area (Å²) in [6.45, 7) is 4.47. The lowest BCUT2D eigenvalue weighted by atomic mass is 10.1. The highest BCUT2D eigenvalue weighted by molar-refractivity contribution is 7.89. The topological polar surface area (TPSA) is 52.7 Å². The molecule has 116 valence electrons. The Hall–Kier alpha value is -0.370. The summed E-state index contributed by atoms with van der Waals surface area (Å²) in [6.07, 6.45) is 0. The zero-order valence-corrected chi connectivity index (χ0v) is 13.8. The van der Waals surface area contributed by atoms with E-state index in [9.17, 15) is 8.42 Å². The average Bonchev–Trinajstić information content (AvgIpc) is 2.40. The maximum Gasteiger partial charge on any atom is 0.244 e. The van der Waals surface area contributed by atoms with E-state index in [-0.39, 0.29) is 14.9 Å². The number of rotatable bonds is 3. The van der Waals surface area contributed by atoms with E-state index in [4.69, 9.17) is 23.2 Å². The number of nitrogens with one attached hydrogen (secondary N) is 1. The SMILES string of the molecule is O=S(=O)(c1cccc(Cl)c1Cl)N1CCN(C2CNC2)CC1. The van der Waals surface area contributed by atoms with Crippen molar-refractivity contribution in [3.63, 3.8) is 0 Å². The molecule has 2 aliphatic heterocycles. The van der Waals surface area contributed by atoms with Gasteiger partial charge >= 0.3 is 0 Å². The molecule has 2 saturated heterocycles. The predicted octanol–water partition coefficient (Wildman–Crippen LogP) is 1.27. The molecule has 1 aromatic carbocycles. The van der Waals surface area contributed by atoms with Gasteiger partial charge in [-0.15, -0.1) is 0 Å². The lowest BCUT2D eigenvalue weighted by Crippen LogP contribution is -2.62. The van der Waals surface area contributed by atoms with E-state index in [0.29, 0.717) is 19.1 Å². The van der Waals surface area contributed by atoms with Crippen molar-refractivity contribution >= 4 is 33.2 Å². The van der Waals surface area contributed by atoms with Crippen LogP contribution in [0, 0.1) is 0 Å². The van der Waals surface area contributed by atoms with Gasteiger partial charge in [-0.2, -0.15) is 4.31 Å². The first kappa shape index (κ1) is 15.5. The third kappa shape index (κ3) is 2.93. The molecule has 0 atom stereocenters. The van der Waals surface area contributed by atoms with Gasteiger partial charge in [0.15, 0.2) is 0 Å². The second-order valence-electron chi connectivity index (χ2n) is 5.30. The molecule has 1 aromatic rings. The van der Waals surface area contributed by atoms with Crippen LogP contribution in [0.3, 0.4) is 0 Å². The lowest BCUT2D eigenvalue weighted by molar-refractivity contribution is 0.103. The summed E-state index contributed by atoms with van der Waals surface area (Å²) in [6, 6.07) is 5.25. The molecule has 0 aromatic heterocycles. The molecule has 8 heteroatoms. The Morgan fingerprint density at radius 2 is 1.76 bits per heavy atom. The van der Waals surface area contributed by atoms with Crippen molar-refractivity contribution in [1.82, 2.24) is 14.5 Å². The van der Waals surface area contributed by atoms with Gasteiger partial charge in [0, 0.05) is 45.3 Å². The van der Waals surface area contributed by atoms with E-state index < -0.39 is 10.0 Å². The second kappa shape index (κ2) is 6.02. The fourth-order valence-corrected chi connectivity index (χ4v) is 4.82. The Morgan fingerprint density at radius 1 is 1.10 bits per heavy atom. The predicted molar refractivity (Wildman–Crippen MR) is 83.5 cm³/mol. The van der Waals surface area contributed by atoms with Gasteiger partial charge < -0.3 is 5.32 Å². The minimum absolute atomic E-state index is 0.0930. The van der Waals surface area contributed by atoms with Gasteiger partial charge in [0.2, 0.25) is 10.0 Å². The quantitative estimate of drug-likeness (QED) is 0.892. The van der Waals surface area contributed by atoms with Crippen LogP contribution < -0.4 is 5.32 Å². The average molecular weight is 350 g/mol. The number of nitrogens with zero attached hydrogens (tertiary/aromatic N) is 2. The maximum atomic E-state index is 12.7. The molecule has 0 radical (unpaired) electrons. The summed E-state index contributed by atoms with van der Waals surface area (Å²) in [5.74, 6) is 0. The fraction of sp³-hybridized carbons (Fsp3) is 0.538. The first-order valence-corrected chi connectivity index (χ1v) is 9.08. The fourth-order valence-electron chi connectivity index (χ4n) is 2.66. The third-order valence-corrected chi connectivity index (χ3v) is 6.96. The van der Waals surface area contributed by atoms with Gasteiger partial charge in [-0.05, 0) is 12.1 Å². The standard InChI is InChI=1S/C13H17Cl2N3O2S/c14-11-2-1-3-12(13(11)15)21(19,20)18-6-4-17(5-7-18)10-8-16-9-10/h1-3,10,16H,4-9H2. The molecule has 2 heterocycles. The summed E-state index contributed by atoms with van der Waals surface area (Å²) < 4.78 is 26.8. The monoisotopic (exact) mass is 349 g/mol. The number of benzene rings is 1. The smallest absolute Gasteiger partial charge is 0.244 e. The Bertz CT molecular complexity index is 626. The molecule has 0 aliphatic carbocycles. The number of sulfonamides is 1. The van der Waals surface area contributed by atoms with Crippen molar-refractivity contribution in [2.45, 2.75) is 10.9 Å². The largest absolute Gasteiger partial charge is 0.314 e.